The van der Waals surface area contributed by atoms with Crippen molar-refractivity contribution in [2.24, 2.45) is 5.41 Å². The van der Waals surface area contributed by atoms with Crippen LogP contribution in [0.25, 0.3) is 10.9 Å². The molecule has 1 aromatic carbocycles. The molecular weight excluding hydrogens is 286 g/mol. The van der Waals surface area contributed by atoms with Crippen LogP contribution in [-0.4, -0.2) is 29.8 Å². The van der Waals surface area contributed by atoms with Gasteiger partial charge < -0.3 is 10.3 Å². The van der Waals surface area contributed by atoms with Crippen LogP contribution in [0, 0.1) is 5.41 Å². The fraction of sp³-hybridized carbons (Fsp3) is 0.471. The maximum Gasteiger partial charge on any atom is 0.245 e. The molecule has 3 rings (SSSR count). The zero-order chi connectivity index (χ0) is 15.8. The van der Waals surface area contributed by atoms with Gasteiger partial charge in [-0.25, -0.2) is 8.78 Å². The first-order valence-electron chi connectivity index (χ1n) is 7.60. The Bertz CT molecular complexity index is 681. The first kappa shape index (κ1) is 15.2. The summed E-state index contributed by atoms with van der Waals surface area (Å²) in [5.41, 5.74) is 0.870. The third-order valence-corrected chi connectivity index (χ3v) is 4.58. The molecule has 0 bridgehead atoms. The summed E-state index contributed by atoms with van der Waals surface area (Å²) in [6.45, 7) is 2.10. The van der Waals surface area contributed by atoms with E-state index in [0.717, 1.165) is 17.8 Å². The summed E-state index contributed by atoms with van der Waals surface area (Å²) in [6, 6.07) is 7.41. The Morgan fingerprint density at radius 1 is 1.36 bits per heavy atom. The second kappa shape index (κ2) is 5.47. The third kappa shape index (κ3) is 2.90. The highest BCUT2D eigenvalue weighted by atomic mass is 19.3. The van der Waals surface area contributed by atoms with Gasteiger partial charge in [0.15, 0.2) is 5.78 Å². The normalized spacial score (nSPS) is 22.3. The van der Waals surface area contributed by atoms with E-state index in [0.29, 0.717) is 25.1 Å². The lowest BCUT2D eigenvalue weighted by molar-refractivity contribution is 0.00135. The van der Waals surface area contributed by atoms with Crippen LogP contribution in [-0.2, 0) is 0 Å². The molecule has 0 aliphatic carbocycles. The van der Waals surface area contributed by atoms with E-state index in [4.69, 9.17) is 0 Å². The summed E-state index contributed by atoms with van der Waals surface area (Å²) < 4.78 is 26.5. The van der Waals surface area contributed by atoms with Crippen LogP contribution in [0.1, 0.15) is 36.5 Å². The Kier molecular flexibility index (Phi) is 3.77. The van der Waals surface area contributed by atoms with Gasteiger partial charge in [-0.1, -0.05) is 0 Å². The van der Waals surface area contributed by atoms with E-state index in [9.17, 15) is 13.6 Å². The molecule has 0 spiro atoms. The average Bonchev–Trinajstić information content (AvgIpc) is 3.12. The molecule has 1 atom stereocenters. The number of carbonyl (C=O) groups is 1. The zero-order valence-electron chi connectivity index (χ0n) is 12.6. The number of rotatable bonds is 5. The van der Waals surface area contributed by atoms with Crippen molar-refractivity contribution in [3.05, 3.63) is 36.0 Å². The van der Waals surface area contributed by atoms with Gasteiger partial charge in [0.25, 0.3) is 0 Å². The maximum absolute atomic E-state index is 13.2. The molecule has 1 unspecified atom stereocenters. The Hall–Kier alpha value is -1.75. The fourth-order valence-corrected chi connectivity index (χ4v) is 3.22. The Balaban J connectivity index is 1.88. The minimum atomic E-state index is -2.74. The monoisotopic (exact) mass is 306 g/mol. The summed E-state index contributed by atoms with van der Waals surface area (Å²) in [4.78, 5) is 16.0. The first-order chi connectivity index (χ1) is 10.4. The number of ketones is 1. The van der Waals surface area contributed by atoms with E-state index < -0.39 is 11.3 Å². The Morgan fingerprint density at radius 2 is 2.18 bits per heavy atom. The summed E-state index contributed by atoms with van der Waals surface area (Å²) in [7, 11) is 0. The lowest BCUT2D eigenvalue weighted by Crippen LogP contribution is -2.35. The van der Waals surface area contributed by atoms with Gasteiger partial charge in [-0.2, -0.15) is 0 Å². The highest BCUT2D eigenvalue weighted by Crippen LogP contribution is 2.38. The van der Waals surface area contributed by atoms with E-state index in [1.165, 1.54) is 0 Å². The van der Waals surface area contributed by atoms with Crippen LogP contribution in [0.5, 0.6) is 0 Å². The van der Waals surface area contributed by atoms with Gasteiger partial charge in [-0.15, -0.1) is 0 Å². The molecule has 2 aromatic rings. The van der Waals surface area contributed by atoms with Crippen LogP contribution in [0.3, 0.4) is 0 Å². The van der Waals surface area contributed by atoms with Gasteiger partial charge in [-0.3, -0.25) is 4.79 Å². The molecule has 1 aliphatic rings. The number of H-pyrrole nitrogens is 1. The number of halogens is 2. The van der Waals surface area contributed by atoms with Gasteiger partial charge in [0.05, 0.1) is 0 Å². The van der Waals surface area contributed by atoms with Crippen LogP contribution in [0.15, 0.2) is 30.5 Å². The number of hydrogen-bond donors (Lipinski definition) is 2. The molecule has 3 nitrogen and oxygen atoms in total. The molecule has 0 amide bonds. The molecule has 1 saturated heterocycles. The number of aromatic nitrogens is 1. The summed E-state index contributed by atoms with van der Waals surface area (Å²) in [5, 5.41) is 4.13. The molecule has 5 heteroatoms. The maximum atomic E-state index is 13.2. The zero-order valence-corrected chi connectivity index (χ0v) is 12.6. The number of aromatic amines is 1. The molecule has 118 valence electrons. The topological polar surface area (TPSA) is 44.9 Å². The number of nitrogens with one attached hydrogen (secondary N) is 2. The quantitative estimate of drug-likeness (QED) is 0.826. The van der Waals surface area contributed by atoms with Crippen molar-refractivity contribution in [2.75, 3.05) is 13.1 Å². The van der Waals surface area contributed by atoms with Crippen molar-refractivity contribution in [3.63, 3.8) is 0 Å². The van der Waals surface area contributed by atoms with Crippen LogP contribution < -0.4 is 5.32 Å². The van der Waals surface area contributed by atoms with Gasteiger partial charge in [0, 0.05) is 41.0 Å². The molecule has 0 radical (unpaired) electrons. The number of hydrogen-bond acceptors (Lipinski definition) is 2. The highest BCUT2D eigenvalue weighted by Gasteiger charge is 2.43. The summed E-state index contributed by atoms with van der Waals surface area (Å²) in [5.74, 6) is -2.76. The van der Waals surface area contributed by atoms with Crippen molar-refractivity contribution < 1.29 is 13.6 Å². The van der Waals surface area contributed by atoms with Gasteiger partial charge >= 0.3 is 0 Å². The number of alkyl halides is 2. The van der Waals surface area contributed by atoms with Crippen LogP contribution >= 0.6 is 0 Å². The second-order valence-electron chi connectivity index (χ2n) is 6.39. The molecule has 1 aromatic heterocycles. The fourth-order valence-electron chi connectivity index (χ4n) is 3.22. The number of carbonyl (C=O) groups excluding carboxylic acids is 1. The molecule has 22 heavy (non-hydrogen) atoms. The van der Waals surface area contributed by atoms with E-state index in [2.05, 4.69) is 10.3 Å². The average molecular weight is 306 g/mol. The molecule has 1 fully saturated rings. The van der Waals surface area contributed by atoms with Crippen molar-refractivity contribution in [1.29, 1.82) is 0 Å². The number of benzene rings is 1. The lowest BCUT2D eigenvalue weighted by atomic mass is 9.75. The molecule has 2 N–H and O–H groups in total. The number of Topliss-reactive ketones (excluding diaryl/α,β-unsaturated/α-hetero) is 1. The van der Waals surface area contributed by atoms with E-state index in [-0.39, 0.29) is 18.6 Å². The van der Waals surface area contributed by atoms with Crippen LogP contribution in [0.4, 0.5) is 8.78 Å². The van der Waals surface area contributed by atoms with Crippen molar-refractivity contribution in [2.45, 2.75) is 32.1 Å². The molecular formula is C17H20F2N2O. The molecule has 0 saturated carbocycles. The molecule has 2 heterocycles. The summed E-state index contributed by atoms with van der Waals surface area (Å²) in [6.07, 6.45) is 2.40. The minimum Gasteiger partial charge on any atom is -0.361 e. The van der Waals surface area contributed by atoms with Crippen molar-refractivity contribution in [3.8, 4) is 0 Å². The van der Waals surface area contributed by atoms with Crippen LogP contribution in [0.2, 0.25) is 0 Å². The SMILES string of the molecule is CC(F)(F)CCC1(C(=O)c2ccc3[nH]ccc3c2)CCNC1. The Labute approximate surface area is 128 Å². The first-order valence-corrected chi connectivity index (χ1v) is 7.60. The smallest absolute Gasteiger partial charge is 0.245 e. The van der Waals surface area contributed by atoms with Crippen molar-refractivity contribution >= 4 is 16.7 Å². The standard InChI is InChI=1S/C17H20F2N2O/c1-16(18,19)5-6-17(7-9-20-11-17)15(22)13-2-3-14-12(10-13)4-8-21-14/h2-4,8,10,20-21H,5-7,9,11H2,1H3. The number of fused-ring (bicyclic) bond motifs is 1. The highest BCUT2D eigenvalue weighted by molar-refractivity contribution is 6.03. The van der Waals surface area contributed by atoms with E-state index in [1.54, 1.807) is 6.07 Å². The van der Waals surface area contributed by atoms with E-state index >= 15 is 0 Å². The van der Waals surface area contributed by atoms with Gasteiger partial charge in [0.1, 0.15) is 0 Å². The largest absolute Gasteiger partial charge is 0.361 e. The van der Waals surface area contributed by atoms with E-state index in [1.807, 2.05) is 24.4 Å². The predicted molar refractivity (Wildman–Crippen MR) is 82.4 cm³/mol. The van der Waals surface area contributed by atoms with Gasteiger partial charge in [-0.05, 0) is 50.6 Å². The lowest BCUT2D eigenvalue weighted by Gasteiger charge is -2.28. The van der Waals surface area contributed by atoms with Gasteiger partial charge in [0.2, 0.25) is 5.92 Å². The predicted octanol–water partition coefficient (Wildman–Crippen LogP) is 3.77. The Morgan fingerprint density at radius 3 is 2.86 bits per heavy atom. The summed E-state index contributed by atoms with van der Waals surface area (Å²) >= 11 is 0. The van der Waals surface area contributed by atoms with Crippen molar-refractivity contribution in [1.82, 2.24) is 10.3 Å². The second-order valence-corrected chi connectivity index (χ2v) is 6.39. The minimum absolute atomic E-state index is 0.0233. The third-order valence-electron chi connectivity index (χ3n) is 4.58. The molecule has 1 aliphatic heterocycles.